The van der Waals surface area contributed by atoms with E-state index in [9.17, 15) is 9.79 Å². The van der Waals surface area contributed by atoms with E-state index in [1.54, 1.807) is 0 Å². The first kappa shape index (κ1) is 49.8. The largest absolute Gasteiger partial charge is 2.00 e. The van der Waals surface area contributed by atoms with Crippen LogP contribution in [0.4, 0.5) is 0 Å². The van der Waals surface area contributed by atoms with E-state index < -0.39 is 11.4 Å². The molecule has 0 fully saturated rings. The van der Waals surface area contributed by atoms with E-state index in [1.165, 1.54) is 22.8 Å². The second-order valence-electron chi connectivity index (χ2n) is 17.0. The standard InChI is InChI=1S/2C16H35O2PS2.Zn/c2*1-13(2)9-15(5,6)11-18-19(17,20)21-12-16(7,8)10-14(3)4;/h2*13-14H,9-12H2,1-8H3,(H,17,20);/q;;+2/p-2. The summed E-state index contributed by atoms with van der Waals surface area (Å²) < 4.78 is 11.3. The fraction of sp³-hybridized carbons (Fsp3) is 1.00. The molecule has 0 amide bonds. The molecule has 0 heterocycles. The van der Waals surface area contributed by atoms with Crippen LogP contribution in [0.1, 0.15) is 136 Å². The summed E-state index contributed by atoms with van der Waals surface area (Å²) in [5.41, 5.74) is -5.61. The summed E-state index contributed by atoms with van der Waals surface area (Å²) in [6.45, 7) is 36.0. The van der Waals surface area contributed by atoms with E-state index in [0.29, 0.717) is 36.9 Å². The normalized spacial score (nSPS) is 16.1. The van der Waals surface area contributed by atoms with Gasteiger partial charge < -0.3 is 18.8 Å². The maximum atomic E-state index is 12.4. The molecule has 0 N–H and O–H groups in total. The molecular weight excluding hydrogens is 704 g/mol. The first-order valence-electron chi connectivity index (χ1n) is 15.7. The molecule has 0 aliphatic rings. The van der Waals surface area contributed by atoms with E-state index in [-0.39, 0.29) is 41.1 Å². The molecule has 0 aliphatic carbocycles. The third-order valence-electron chi connectivity index (χ3n) is 6.30. The summed E-state index contributed by atoms with van der Waals surface area (Å²) in [6, 6.07) is 0. The zero-order chi connectivity index (χ0) is 33.8. The monoisotopic (exact) mass is 770 g/mol. The molecule has 0 spiro atoms. The fourth-order valence-corrected chi connectivity index (χ4v) is 13.2. The summed E-state index contributed by atoms with van der Waals surface area (Å²) in [4.78, 5) is 24.9. The van der Waals surface area contributed by atoms with Gasteiger partial charge in [-0.05, 0) is 71.0 Å². The Kier molecular flexibility index (Phi) is 25.0. The van der Waals surface area contributed by atoms with Crippen LogP contribution in [-0.2, 0) is 52.1 Å². The summed E-state index contributed by atoms with van der Waals surface area (Å²) in [7, 11) is 0. The molecule has 2 atom stereocenters. The van der Waals surface area contributed by atoms with E-state index in [4.69, 9.17) is 32.7 Å². The van der Waals surface area contributed by atoms with Crippen LogP contribution < -0.4 is 9.79 Å². The Hall–Kier alpha value is 2.46. The van der Waals surface area contributed by atoms with Gasteiger partial charge in [0.1, 0.15) is 0 Å². The topological polar surface area (TPSA) is 64.6 Å². The average molecular weight is 772 g/mol. The van der Waals surface area contributed by atoms with E-state index in [2.05, 4.69) is 111 Å². The molecule has 256 valence electrons. The zero-order valence-electron chi connectivity index (χ0n) is 30.8. The van der Waals surface area contributed by atoms with Crippen LogP contribution >= 0.6 is 34.2 Å². The molecule has 0 aromatic rings. The van der Waals surface area contributed by atoms with Crippen molar-refractivity contribution in [1.82, 2.24) is 0 Å². The van der Waals surface area contributed by atoms with Gasteiger partial charge in [0.25, 0.3) is 0 Å². The van der Waals surface area contributed by atoms with E-state index in [0.717, 1.165) is 37.2 Å². The van der Waals surface area contributed by atoms with E-state index >= 15 is 0 Å². The maximum Gasteiger partial charge on any atom is 2.00 e. The van der Waals surface area contributed by atoms with Crippen molar-refractivity contribution in [2.45, 2.75) is 136 Å². The van der Waals surface area contributed by atoms with Crippen molar-refractivity contribution < 1.29 is 38.3 Å². The molecule has 0 saturated heterocycles. The Morgan fingerprint density at radius 3 is 0.930 bits per heavy atom. The average Bonchev–Trinajstić information content (AvgIpc) is 2.72. The van der Waals surface area contributed by atoms with Gasteiger partial charge in [-0.3, -0.25) is 0 Å². The van der Waals surface area contributed by atoms with Gasteiger partial charge in [-0.15, -0.1) is 22.8 Å². The van der Waals surface area contributed by atoms with Crippen molar-refractivity contribution in [3.63, 3.8) is 0 Å². The molecule has 0 rings (SSSR count). The summed E-state index contributed by atoms with van der Waals surface area (Å²) in [5, 5.41) is 0. The number of hydrogen-bond acceptors (Lipinski definition) is 8. The predicted octanol–water partition coefficient (Wildman–Crippen LogP) is 10.9. The molecule has 0 aliphatic heterocycles. The molecule has 4 nitrogen and oxygen atoms in total. The maximum absolute atomic E-state index is 12.4. The van der Waals surface area contributed by atoms with Gasteiger partial charge in [0.2, 0.25) is 0 Å². The Morgan fingerprint density at radius 1 is 0.512 bits per heavy atom. The molecular formula is C32H68O4P2S4Zn. The molecule has 0 aromatic carbocycles. The Balaban J connectivity index is -0.000000727. The molecule has 0 radical (unpaired) electrons. The van der Waals surface area contributed by atoms with Crippen LogP contribution in [0.15, 0.2) is 0 Å². The first-order chi connectivity index (χ1) is 18.5. The Morgan fingerprint density at radius 2 is 0.721 bits per heavy atom. The molecule has 2 unspecified atom stereocenters. The Labute approximate surface area is 300 Å². The minimum absolute atomic E-state index is 0. The van der Waals surface area contributed by atoms with Crippen molar-refractivity contribution >= 4 is 57.8 Å². The minimum Gasteiger partial charge on any atom is -0.793 e. The first-order valence-corrected chi connectivity index (χ1v) is 24.2. The third-order valence-corrected chi connectivity index (χ3v) is 15.5. The summed E-state index contributed by atoms with van der Waals surface area (Å²) >= 11 is 13.1. The number of rotatable bonds is 20. The Bertz CT molecular complexity index is 719. The SMILES string of the molecule is CC(C)CC(C)(C)COP([O-])(=S)SCC(C)(C)CC(C)C.CC(C)CC(C)(C)COP([O-])(=S)SCC(C)(C)CC(C)C.[Zn+2]. The minimum atomic E-state index is -2.97. The predicted molar refractivity (Wildman–Crippen MR) is 198 cm³/mol. The quantitative estimate of drug-likeness (QED) is 0.0896. The van der Waals surface area contributed by atoms with Crippen LogP contribution in [0.25, 0.3) is 0 Å². The summed E-state index contributed by atoms with van der Waals surface area (Å²) in [6.07, 6.45) is 4.31. The molecule has 43 heavy (non-hydrogen) atoms. The molecule has 0 aromatic heterocycles. The van der Waals surface area contributed by atoms with Crippen LogP contribution in [0, 0.1) is 45.3 Å². The zero-order valence-corrected chi connectivity index (χ0v) is 38.9. The third kappa shape index (κ3) is 31.5. The number of hydrogen-bond donors (Lipinski definition) is 0. The van der Waals surface area contributed by atoms with Gasteiger partial charge in [0.05, 0.1) is 13.2 Å². The van der Waals surface area contributed by atoms with Crippen molar-refractivity contribution in [2.75, 3.05) is 24.7 Å². The van der Waals surface area contributed by atoms with E-state index in [1.807, 2.05) is 0 Å². The molecule has 0 bridgehead atoms. The van der Waals surface area contributed by atoms with Gasteiger partial charge in [-0.2, -0.15) is 0 Å². The van der Waals surface area contributed by atoms with Crippen molar-refractivity contribution in [2.24, 2.45) is 45.3 Å². The van der Waals surface area contributed by atoms with Crippen LogP contribution in [0.5, 0.6) is 0 Å². The van der Waals surface area contributed by atoms with Crippen LogP contribution in [0.2, 0.25) is 0 Å². The second kappa shape index (κ2) is 21.5. The van der Waals surface area contributed by atoms with Gasteiger partial charge >= 0.3 is 19.5 Å². The van der Waals surface area contributed by atoms with Gasteiger partial charge in [-0.1, -0.05) is 134 Å². The van der Waals surface area contributed by atoms with Crippen molar-refractivity contribution in [3.05, 3.63) is 0 Å². The molecule has 11 heteroatoms. The van der Waals surface area contributed by atoms with Gasteiger partial charge in [-0.25, -0.2) is 0 Å². The van der Waals surface area contributed by atoms with Crippen molar-refractivity contribution in [3.8, 4) is 0 Å². The van der Waals surface area contributed by atoms with Gasteiger partial charge in [0, 0.05) is 22.9 Å². The van der Waals surface area contributed by atoms with Crippen LogP contribution in [0.3, 0.4) is 0 Å². The molecule has 0 saturated carbocycles. The fourth-order valence-electron chi connectivity index (χ4n) is 5.75. The smallest absolute Gasteiger partial charge is 0.793 e. The van der Waals surface area contributed by atoms with Gasteiger partial charge in [0.15, 0.2) is 0 Å². The second-order valence-corrected chi connectivity index (χ2v) is 29.1. The summed E-state index contributed by atoms with van der Waals surface area (Å²) in [5.74, 6) is 4.05. The van der Waals surface area contributed by atoms with Crippen LogP contribution in [-0.4, -0.2) is 24.7 Å². The van der Waals surface area contributed by atoms with Crippen molar-refractivity contribution in [1.29, 1.82) is 0 Å².